The maximum Gasteiger partial charge on any atom is 0.416 e. The summed E-state index contributed by atoms with van der Waals surface area (Å²) < 4.78 is 51.0. The number of hydrogen-bond donors (Lipinski definition) is 2. The molecule has 0 aliphatic heterocycles. The van der Waals surface area contributed by atoms with Gasteiger partial charge in [0.25, 0.3) is 5.91 Å². The summed E-state index contributed by atoms with van der Waals surface area (Å²) in [5, 5.41) is 2.38. The molecule has 0 bridgehead atoms. The van der Waals surface area contributed by atoms with Gasteiger partial charge in [0.15, 0.2) is 0 Å². The molecule has 0 aliphatic rings. The number of amides is 1. The Morgan fingerprint density at radius 3 is 2.40 bits per heavy atom. The Labute approximate surface area is 114 Å². The quantitative estimate of drug-likeness (QED) is 0.838. The molecule has 1 aromatic carbocycles. The molecule has 0 saturated carbocycles. The molecule has 0 saturated heterocycles. The van der Waals surface area contributed by atoms with E-state index >= 15 is 0 Å². The van der Waals surface area contributed by atoms with E-state index in [1.165, 1.54) is 0 Å². The van der Waals surface area contributed by atoms with Crippen LogP contribution in [0.3, 0.4) is 0 Å². The van der Waals surface area contributed by atoms with E-state index in [2.05, 4.69) is 5.32 Å². The molecule has 0 aromatic heterocycles. The first kappa shape index (κ1) is 16.4. The third kappa shape index (κ3) is 4.19. The lowest BCUT2D eigenvalue weighted by atomic mass is 9.94. The minimum Gasteiger partial charge on any atom is -0.351 e. The van der Waals surface area contributed by atoms with E-state index in [9.17, 15) is 22.4 Å². The van der Waals surface area contributed by atoms with E-state index in [1.54, 1.807) is 13.8 Å². The average molecular weight is 292 g/mol. The van der Waals surface area contributed by atoms with Crippen molar-refractivity contribution < 1.29 is 22.4 Å². The van der Waals surface area contributed by atoms with E-state index in [4.69, 9.17) is 5.73 Å². The van der Waals surface area contributed by atoms with Crippen molar-refractivity contribution in [3.05, 3.63) is 35.1 Å². The number of hydrogen-bond acceptors (Lipinski definition) is 2. The molecule has 0 atom stereocenters. The van der Waals surface area contributed by atoms with Gasteiger partial charge in [-0.2, -0.15) is 13.2 Å². The first-order valence-corrected chi connectivity index (χ1v) is 5.92. The highest BCUT2D eigenvalue weighted by molar-refractivity contribution is 5.94. The highest BCUT2D eigenvalue weighted by Crippen LogP contribution is 2.30. The fourth-order valence-corrected chi connectivity index (χ4v) is 1.36. The molecule has 1 aromatic rings. The van der Waals surface area contributed by atoms with E-state index in [0.29, 0.717) is 18.2 Å². The fourth-order valence-electron chi connectivity index (χ4n) is 1.36. The molecule has 0 heterocycles. The van der Waals surface area contributed by atoms with Crippen LogP contribution in [0.25, 0.3) is 0 Å². The highest BCUT2D eigenvalue weighted by Gasteiger charge is 2.32. The zero-order chi connectivity index (χ0) is 15.6. The second-order valence-electron chi connectivity index (χ2n) is 5.24. The van der Waals surface area contributed by atoms with Gasteiger partial charge in [0, 0.05) is 6.54 Å². The van der Waals surface area contributed by atoms with Gasteiger partial charge in [-0.1, -0.05) is 13.8 Å². The van der Waals surface area contributed by atoms with Gasteiger partial charge in [0.05, 0.1) is 11.1 Å². The maximum atomic E-state index is 13.5. The van der Waals surface area contributed by atoms with E-state index < -0.39 is 34.4 Å². The molecule has 20 heavy (non-hydrogen) atoms. The van der Waals surface area contributed by atoms with Crippen LogP contribution in [0.5, 0.6) is 0 Å². The number of benzene rings is 1. The van der Waals surface area contributed by atoms with Crippen LogP contribution < -0.4 is 11.1 Å². The molecular weight excluding hydrogens is 276 g/mol. The van der Waals surface area contributed by atoms with Crippen LogP contribution >= 0.6 is 0 Å². The zero-order valence-electron chi connectivity index (χ0n) is 11.1. The lowest BCUT2D eigenvalue weighted by Gasteiger charge is -2.22. The Morgan fingerprint density at radius 1 is 1.30 bits per heavy atom. The van der Waals surface area contributed by atoms with E-state index in [1.807, 2.05) is 0 Å². The van der Waals surface area contributed by atoms with Crippen LogP contribution in [0, 0.1) is 11.2 Å². The van der Waals surface area contributed by atoms with Gasteiger partial charge >= 0.3 is 6.18 Å². The summed E-state index contributed by atoms with van der Waals surface area (Å²) in [4.78, 5) is 11.7. The third-order valence-corrected chi connectivity index (χ3v) is 2.82. The fraction of sp³-hybridized carbons (Fsp3) is 0.462. The molecule has 3 nitrogen and oxygen atoms in total. The Kier molecular flexibility index (Phi) is 4.75. The number of nitrogens with two attached hydrogens (primary N) is 1. The summed E-state index contributed by atoms with van der Waals surface area (Å²) in [7, 11) is 0. The van der Waals surface area contributed by atoms with Crippen LogP contribution in [0.1, 0.15) is 29.8 Å². The number of rotatable bonds is 4. The van der Waals surface area contributed by atoms with Crippen LogP contribution in [-0.4, -0.2) is 19.0 Å². The van der Waals surface area contributed by atoms with Crippen LogP contribution in [0.2, 0.25) is 0 Å². The smallest absolute Gasteiger partial charge is 0.351 e. The second kappa shape index (κ2) is 5.78. The van der Waals surface area contributed by atoms with Crippen molar-refractivity contribution in [2.45, 2.75) is 20.0 Å². The van der Waals surface area contributed by atoms with E-state index in [-0.39, 0.29) is 13.1 Å². The van der Waals surface area contributed by atoms with Gasteiger partial charge in [-0.05, 0) is 30.2 Å². The molecule has 1 amide bonds. The third-order valence-electron chi connectivity index (χ3n) is 2.82. The molecule has 7 heteroatoms. The Bertz CT molecular complexity index is 498. The molecule has 0 radical (unpaired) electrons. The minimum atomic E-state index is -4.63. The van der Waals surface area contributed by atoms with Crippen molar-refractivity contribution in [2.24, 2.45) is 11.1 Å². The predicted octanol–water partition coefficient (Wildman–Crippen LogP) is 2.56. The Balaban J connectivity index is 2.93. The maximum absolute atomic E-state index is 13.5. The van der Waals surface area contributed by atoms with Crippen LogP contribution in [0.4, 0.5) is 17.6 Å². The normalized spacial score (nSPS) is 12.3. The van der Waals surface area contributed by atoms with Crippen molar-refractivity contribution in [3.63, 3.8) is 0 Å². The Morgan fingerprint density at radius 2 is 1.90 bits per heavy atom. The average Bonchev–Trinajstić information content (AvgIpc) is 2.35. The summed E-state index contributed by atoms with van der Waals surface area (Å²) in [6.45, 7) is 3.96. The standard InChI is InChI=1S/C13H16F4N2O/c1-12(2,6-18)7-19-11(20)9-5-8(13(15,16)17)3-4-10(9)14/h3-5H,6-7,18H2,1-2H3,(H,19,20). The molecular formula is C13H16F4N2O. The summed E-state index contributed by atoms with van der Waals surface area (Å²) in [6, 6.07) is 1.72. The SMILES string of the molecule is CC(C)(CN)CNC(=O)c1cc(C(F)(F)F)ccc1F. The summed E-state index contributed by atoms with van der Waals surface area (Å²) in [5.41, 5.74) is 3.35. The minimum absolute atomic E-state index is 0.137. The molecule has 0 fully saturated rings. The summed E-state index contributed by atoms with van der Waals surface area (Å²) >= 11 is 0. The van der Waals surface area contributed by atoms with Gasteiger partial charge in [-0.25, -0.2) is 4.39 Å². The topological polar surface area (TPSA) is 55.1 Å². The Hall–Kier alpha value is -1.63. The lowest BCUT2D eigenvalue weighted by molar-refractivity contribution is -0.137. The monoisotopic (exact) mass is 292 g/mol. The number of alkyl halides is 3. The second-order valence-corrected chi connectivity index (χ2v) is 5.24. The molecule has 3 N–H and O–H groups in total. The number of nitrogens with one attached hydrogen (secondary N) is 1. The molecule has 112 valence electrons. The lowest BCUT2D eigenvalue weighted by Crippen LogP contribution is -2.38. The first-order valence-electron chi connectivity index (χ1n) is 5.92. The van der Waals surface area contributed by atoms with Crippen molar-refractivity contribution in [1.82, 2.24) is 5.32 Å². The van der Waals surface area contributed by atoms with Crippen LogP contribution in [-0.2, 0) is 6.18 Å². The van der Waals surface area contributed by atoms with Crippen molar-refractivity contribution in [3.8, 4) is 0 Å². The predicted molar refractivity (Wildman–Crippen MR) is 66.6 cm³/mol. The van der Waals surface area contributed by atoms with Gasteiger partial charge in [-0.15, -0.1) is 0 Å². The summed E-state index contributed by atoms with van der Waals surface area (Å²) in [5.74, 6) is -1.89. The molecule has 0 spiro atoms. The first-order chi connectivity index (χ1) is 9.07. The van der Waals surface area contributed by atoms with Crippen LogP contribution in [0.15, 0.2) is 18.2 Å². The largest absolute Gasteiger partial charge is 0.416 e. The van der Waals surface area contributed by atoms with Crippen molar-refractivity contribution in [2.75, 3.05) is 13.1 Å². The van der Waals surface area contributed by atoms with Gasteiger partial charge in [0.1, 0.15) is 5.82 Å². The zero-order valence-corrected chi connectivity index (χ0v) is 11.1. The number of carbonyl (C=O) groups excluding carboxylic acids is 1. The van der Waals surface area contributed by atoms with Gasteiger partial charge in [-0.3, -0.25) is 4.79 Å². The molecule has 0 aliphatic carbocycles. The number of carbonyl (C=O) groups is 1. The van der Waals surface area contributed by atoms with Gasteiger partial charge < -0.3 is 11.1 Å². The van der Waals surface area contributed by atoms with Crippen molar-refractivity contribution >= 4 is 5.91 Å². The molecule has 1 rings (SSSR count). The van der Waals surface area contributed by atoms with E-state index in [0.717, 1.165) is 0 Å². The summed E-state index contributed by atoms with van der Waals surface area (Å²) in [6.07, 6.45) is -4.63. The van der Waals surface area contributed by atoms with Gasteiger partial charge in [0.2, 0.25) is 0 Å². The van der Waals surface area contributed by atoms with Crippen molar-refractivity contribution in [1.29, 1.82) is 0 Å². The highest BCUT2D eigenvalue weighted by atomic mass is 19.4. The molecule has 0 unspecified atom stereocenters. The number of halogens is 4.